The summed E-state index contributed by atoms with van der Waals surface area (Å²) < 4.78 is 27.4. The predicted octanol–water partition coefficient (Wildman–Crippen LogP) is 3.70. The highest BCUT2D eigenvalue weighted by molar-refractivity contribution is 7.92. The van der Waals surface area contributed by atoms with Crippen molar-refractivity contribution in [3.05, 3.63) is 53.6 Å². The molecule has 5 nitrogen and oxygen atoms in total. The van der Waals surface area contributed by atoms with Crippen molar-refractivity contribution >= 4 is 27.3 Å². The molecule has 0 atom stereocenters. The van der Waals surface area contributed by atoms with Crippen LogP contribution in [0.2, 0.25) is 0 Å². The zero-order chi connectivity index (χ0) is 17.9. The van der Waals surface area contributed by atoms with Crippen molar-refractivity contribution < 1.29 is 13.2 Å². The van der Waals surface area contributed by atoms with Crippen LogP contribution in [0.4, 0.5) is 11.4 Å². The maximum Gasteiger partial charge on any atom is 0.261 e. The fourth-order valence-electron chi connectivity index (χ4n) is 2.03. The number of anilines is 2. The summed E-state index contributed by atoms with van der Waals surface area (Å²) in [6, 6.07) is 11.7. The highest BCUT2D eigenvalue weighted by Gasteiger charge is 2.15. The number of nitrogens with one attached hydrogen (secondary N) is 2. The van der Waals surface area contributed by atoms with Crippen LogP contribution >= 0.6 is 0 Å². The highest BCUT2D eigenvalue weighted by atomic mass is 32.2. The molecule has 0 saturated carbocycles. The zero-order valence-corrected chi connectivity index (χ0v) is 15.1. The summed E-state index contributed by atoms with van der Waals surface area (Å²) in [5, 5.41) is 2.81. The Labute approximate surface area is 143 Å². The van der Waals surface area contributed by atoms with Gasteiger partial charge in [0.2, 0.25) is 5.91 Å². The average molecular weight is 346 g/mol. The molecule has 2 aromatic carbocycles. The molecule has 1 amide bonds. The van der Waals surface area contributed by atoms with Gasteiger partial charge in [-0.25, -0.2) is 8.42 Å². The van der Waals surface area contributed by atoms with Crippen molar-refractivity contribution in [3.63, 3.8) is 0 Å². The van der Waals surface area contributed by atoms with Crippen molar-refractivity contribution in [3.8, 4) is 0 Å². The number of carbonyl (C=O) groups is 1. The Morgan fingerprint density at radius 3 is 2.21 bits per heavy atom. The van der Waals surface area contributed by atoms with Crippen LogP contribution in [0.25, 0.3) is 0 Å². The molecule has 2 aromatic rings. The summed E-state index contributed by atoms with van der Waals surface area (Å²) in [4.78, 5) is 12.1. The first-order chi connectivity index (χ1) is 11.2. The molecule has 0 aliphatic heterocycles. The van der Waals surface area contributed by atoms with E-state index in [0.717, 1.165) is 11.1 Å². The first-order valence-corrected chi connectivity index (χ1v) is 9.18. The van der Waals surface area contributed by atoms with Crippen molar-refractivity contribution in [1.82, 2.24) is 0 Å². The van der Waals surface area contributed by atoms with Crippen molar-refractivity contribution in [2.45, 2.75) is 32.6 Å². The van der Waals surface area contributed by atoms with Crippen LogP contribution in [-0.2, 0) is 14.8 Å². The minimum Gasteiger partial charge on any atom is -0.326 e. The summed E-state index contributed by atoms with van der Waals surface area (Å²) in [5.41, 5.74) is 2.85. The Morgan fingerprint density at radius 1 is 1.00 bits per heavy atom. The monoisotopic (exact) mass is 346 g/mol. The fourth-order valence-corrected chi connectivity index (χ4v) is 3.08. The SMILES string of the molecule is Cc1ccc(S(=O)(=O)Nc2ccc(C)c(NC(=O)C(C)C)c2)cc1. The third kappa shape index (κ3) is 4.35. The number of carbonyl (C=O) groups excluding carboxylic acids is 1. The number of amides is 1. The Balaban J connectivity index is 2.26. The molecular weight excluding hydrogens is 324 g/mol. The van der Waals surface area contributed by atoms with E-state index in [1.54, 1.807) is 56.3 Å². The van der Waals surface area contributed by atoms with Crippen LogP contribution < -0.4 is 10.0 Å². The quantitative estimate of drug-likeness (QED) is 0.867. The number of rotatable bonds is 5. The highest BCUT2D eigenvalue weighted by Crippen LogP contribution is 2.23. The summed E-state index contributed by atoms with van der Waals surface area (Å²) in [6.07, 6.45) is 0. The molecule has 0 unspecified atom stereocenters. The van der Waals surface area contributed by atoms with Gasteiger partial charge in [0.1, 0.15) is 0 Å². The van der Waals surface area contributed by atoms with Gasteiger partial charge in [-0.3, -0.25) is 9.52 Å². The Morgan fingerprint density at radius 2 is 1.62 bits per heavy atom. The zero-order valence-electron chi connectivity index (χ0n) is 14.3. The topological polar surface area (TPSA) is 75.3 Å². The number of hydrogen-bond acceptors (Lipinski definition) is 3. The first kappa shape index (κ1) is 18.0. The maximum atomic E-state index is 12.4. The molecule has 0 bridgehead atoms. The summed E-state index contributed by atoms with van der Waals surface area (Å²) >= 11 is 0. The number of aryl methyl sites for hydroxylation is 2. The number of benzene rings is 2. The Hall–Kier alpha value is -2.34. The lowest BCUT2D eigenvalue weighted by Crippen LogP contribution is -2.19. The van der Waals surface area contributed by atoms with Crippen LogP contribution in [0.3, 0.4) is 0 Å². The first-order valence-electron chi connectivity index (χ1n) is 7.70. The number of sulfonamides is 1. The van der Waals surface area contributed by atoms with E-state index in [-0.39, 0.29) is 16.7 Å². The minimum absolute atomic E-state index is 0.114. The molecule has 0 saturated heterocycles. The lowest BCUT2D eigenvalue weighted by Gasteiger charge is -2.14. The molecule has 0 aliphatic carbocycles. The molecule has 6 heteroatoms. The van der Waals surface area contributed by atoms with Gasteiger partial charge in [0, 0.05) is 11.6 Å². The maximum absolute atomic E-state index is 12.4. The molecule has 0 aliphatic rings. The van der Waals surface area contributed by atoms with Crippen molar-refractivity contribution in [2.75, 3.05) is 10.0 Å². The van der Waals surface area contributed by atoms with Gasteiger partial charge in [-0.1, -0.05) is 37.6 Å². The Bertz CT molecular complexity index is 841. The molecule has 0 aromatic heterocycles. The van der Waals surface area contributed by atoms with Crippen LogP contribution in [-0.4, -0.2) is 14.3 Å². The molecule has 2 rings (SSSR count). The minimum atomic E-state index is -3.67. The van der Waals surface area contributed by atoms with Gasteiger partial charge in [-0.15, -0.1) is 0 Å². The van der Waals surface area contributed by atoms with E-state index < -0.39 is 10.0 Å². The normalized spacial score (nSPS) is 11.4. The molecule has 0 radical (unpaired) electrons. The van der Waals surface area contributed by atoms with Gasteiger partial charge in [-0.05, 0) is 43.7 Å². The van der Waals surface area contributed by atoms with Gasteiger partial charge in [0.25, 0.3) is 10.0 Å². The second-order valence-electron chi connectivity index (χ2n) is 6.09. The molecule has 128 valence electrons. The second kappa shape index (κ2) is 7.05. The van der Waals surface area contributed by atoms with E-state index in [0.29, 0.717) is 11.4 Å². The van der Waals surface area contributed by atoms with Crippen molar-refractivity contribution in [2.24, 2.45) is 5.92 Å². The smallest absolute Gasteiger partial charge is 0.261 e. The van der Waals surface area contributed by atoms with Crippen LogP contribution in [0, 0.1) is 19.8 Å². The van der Waals surface area contributed by atoms with Gasteiger partial charge in [0.15, 0.2) is 0 Å². The molecular formula is C18H22N2O3S. The average Bonchev–Trinajstić information content (AvgIpc) is 2.50. The summed E-state index contributed by atoms with van der Waals surface area (Å²) in [6.45, 7) is 7.35. The molecule has 0 spiro atoms. The van der Waals surface area contributed by atoms with E-state index in [9.17, 15) is 13.2 Å². The van der Waals surface area contributed by atoms with Gasteiger partial charge in [0.05, 0.1) is 10.6 Å². The standard InChI is InChI=1S/C18H22N2O3S/c1-12(2)18(21)19-17-11-15(8-7-14(17)4)20-24(22,23)16-9-5-13(3)6-10-16/h5-12,20H,1-4H3,(H,19,21). The molecule has 24 heavy (non-hydrogen) atoms. The Kier molecular flexibility index (Phi) is 5.29. The van der Waals surface area contributed by atoms with E-state index in [1.165, 1.54) is 0 Å². The second-order valence-corrected chi connectivity index (χ2v) is 7.77. The molecule has 0 heterocycles. The van der Waals surface area contributed by atoms with E-state index in [1.807, 2.05) is 13.8 Å². The predicted molar refractivity (Wildman–Crippen MR) is 96.6 cm³/mol. The fraction of sp³-hybridized carbons (Fsp3) is 0.278. The van der Waals surface area contributed by atoms with E-state index in [4.69, 9.17) is 0 Å². The van der Waals surface area contributed by atoms with Gasteiger partial charge >= 0.3 is 0 Å². The molecule has 0 fully saturated rings. The van der Waals surface area contributed by atoms with Crippen molar-refractivity contribution in [1.29, 1.82) is 0 Å². The number of hydrogen-bond donors (Lipinski definition) is 2. The summed E-state index contributed by atoms with van der Waals surface area (Å²) in [5.74, 6) is -0.269. The third-order valence-corrected chi connectivity index (χ3v) is 5.00. The van der Waals surface area contributed by atoms with Crippen LogP contribution in [0.15, 0.2) is 47.4 Å². The largest absolute Gasteiger partial charge is 0.326 e. The van der Waals surface area contributed by atoms with Gasteiger partial charge in [-0.2, -0.15) is 0 Å². The third-order valence-electron chi connectivity index (χ3n) is 3.60. The van der Waals surface area contributed by atoms with E-state index >= 15 is 0 Å². The van der Waals surface area contributed by atoms with Gasteiger partial charge < -0.3 is 5.32 Å². The lowest BCUT2D eigenvalue weighted by molar-refractivity contribution is -0.118. The lowest BCUT2D eigenvalue weighted by atomic mass is 10.1. The molecule has 2 N–H and O–H groups in total. The van der Waals surface area contributed by atoms with Crippen LogP contribution in [0.1, 0.15) is 25.0 Å². The summed E-state index contributed by atoms with van der Waals surface area (Å²) in [7, 11) is -3.67. The van der Waals surface area contributed by atoms with E-state index in [2.05, 4.69) is 10.0 Å². The van der Waals surface area contributed by atoms with Crippen LogP contribution in [0.5, 0.6) is 0 Å².